The third kappa shape index (κ3) is 5.28. The number of hydrogen-bond acceptors (Lipinski definition) is 5. The predicted octanol–water partition coefficient (Wildman–Crippen LogP) is -0.318. The predicted molar refractivity (Wildman–Crippen MR) is 62.5 cm³/mol. The summed E-state index contributed by atoms with van der Waals surface area (Å²) in [4.78, 5) is 15.3. The first kappa shape index (κ1) is 13.4. The van der Waals surface area contributed by atoms with Gasteiger partial charge >= 0.3 is 0 Å². The minimum absolute atomic E-state index is 0.0344. The highest BCUT2D eigenvalue weighted by molar-refractivity contribution is 5.77. The molecule has 1 aromatic rings. The quantitative estimate of drug-likeness (QED) is 0.637. The molecular formula is C11H17N3O3. The number of nitrogens with zero attached hydrogens (tertiary/aromatic N) is 1. The largest absolute Gasteiger partial charge is 0.482 e. The van der Waals surface area contributed by atoms with Crippen molar-refractivity contribution in [1.29, 1.82) is 0 Å². The Morgan fingerprint density at radius 1 is 1.53 bits per heavy atom. The summed E-state index contributed by atoms with van der Waals surface area (Å²) >= 11 is 0. The van der Waals surface area contributed by atoms with Gasteiger partial charge in [0.15, 0.2) is 6.61 Å². The van der Waals surface area contributed by atoms with Gasteiger partial charge in [-0.3, -0.25) is 9.78 Å². The lowest BCUT2D eigenvalue weighted by atomic mass is 10.3. The van der Waals surface area contributed by atoms with Crippen molar-refractivity contribution < 1.29 is 14.3 Å². The van der Waals surface area contributed by atoms with E-state index < -0.39 is 0 Å². The Balaban J connectivity index is 2.27. The van der Waals surface area contributed by atoms with Gasteiger partial charge in [0.2, 0.25) is 0 Å². The van der Waals surface area contributed by atoms with Crippen LogP contribution in [0.2, 0.25) is 0 Å². The smallest absolute Gasteiger partial charge is 0.258 e. The summed E-state index contributed by atoms with van der Waals surface area (Å²) in [6.45, 7) is 1.31. The maximum absolute atomic E-state index is 11.3. The zero-order chi connectivity index (χ0) is 12.5. The van der Waals surface area contributed by atoms with E-state index in [-0.39, 0.29) is 12.5 Å². The third-order valence-electron chi connectivity index (χ3n) is 2.01. The van der Waals surface area contributed by atoms with Crippen LogP contribution in [0.1, 0.15) is 5.69 Å². The average molecular weight is 239 g/mol. The Kier molecular flexibility index (Phi) is 5.98. The third-order valence-corrected chi connectivity index (χ3v) is 2.01. The Labute approximate surface area is 100 Å². The van der Waals surface area contributed by atoms with Crippen LogP contribution in [0.4, 0.5) is 0 Å². The fourth-order valence-electron chi connectivity index (χ4n) is 1.11. The van der Waals surface area contributed by atoms with E-state index in [1.807, 2.05) is 0 Å². The van der Waals surface area contributed by atoms with E-state index >= 15 is 0 Å². The number of methoxy groups -OCH3 is 1. The van der Waals surface area contributed by atoms with E-state index in [1.54, 1.807) is 25.4 Å². The summed E-state index contributed by atoms with van der Waals surface area (Å²) in [7, 11) is 1.58. The SMILES string of the molecule is COCCNC(=O)COc1ccc(CN)nc1. The Hall–Kier alpha value is -1.66. The topological polar surface area (TPSA) is 86.5 Å². The van der Waals surface area contributed by atoms with E-state index in [2.05, 4.69) is 10.3 Å². The van der Waals surface area contributed by atoms with E-state index in [0.29, 0.717) is 25.4 Å². The van der Waals surface area contributed by atoms with Gasteiger partial charge in [0, 0.05) is 20.2 Å². The molecule has 0 aliphatic rings. The van der Waals surface area contributed by atoms with Gasteiger partial charge in [0.05, 0.1) is 18.5 Å². The molecule has 17 heavy (non-hydrogen) atoms. The summed E-state index contributed by atoms with van der Waals surface area (Å²) < 4.78 is 10.0. The van der Waals surface area contributed by atoms with Gasteiger partial charge in [-0.05, 0) is 12.1 Å². The maximum atomic E-state index is 11.3. The molecule has 0 saturated carbocycles. The minimum Gasteiger partial charge on any atom is -0.482 e. The van der Waals surface area contributed by atoms with Crippen LogP contribution in [0.25, 0.3) is 0 Å². The first-order valence-corrected chi connectivity index (χ1v) is 5.29. The Morgan fingerprint density at radius 2 is 2.35 bits per heavy atom. The fourth-order valence-corrected chi connectivity index (χ4v) is 1.11. The van der Waals surface area contributed by atoms with E-state index in [1.165, 1.54) is 0 Å². The molecule has 0 atom stereocenters. The lowest BCUT2D eigenvalue weighted by molar-refractivity contribution is -0.123. The van der Waals surface area contributed by atoms with Crippen LogP contribution >= 0.6 is 0 Å². The molecule has 1 aromatic heterocycles. The maximum Gasteiger partial charge on any atom is 0.258 e. The second-order valence-corrected chi connectivity index (χ2v) is 3.32. The molecule has 0 aliphatic heterocycles. The summed E-state index contributed by atoms with van der Waals surface area (Å²) in [5.41, 5.74) is 6.19. The molecule has 0 aromatic carbocycles. The molecule has 1 amide bonds. The molecule has 6 heteroatoms. The monoisotopic (exact) mass is 239 g/mol. The molecule has 0 spiro atoms. The van der Waals surface area contributed by atoms with E-state index in [4.69, 9.17) is 15.2 Å². The fraction of sp³-hybridized carbons (Fsp3) is 0.455. The molecule has 0 fully saturated rings. The Bertz CT molecular complexity index is 340. The van der Waals surface area contributed by atoms with Crippen molar-refractivity contribution >= 4 is 5.91 Å². The molecule has 0 aliphatic carbocycles. The molecule has 6 nitrogen and oxygen atoms in total. The standard InChI is InChI=1S/C11H17N3O3/c1-16-5-4-13-11(15)8-17-10-3-2-9(6-12)14-7-10/h2-3,7H,4-6,8,12H2,1H3,(H,13,15). The number of nitrogens with two attached hydrogens (primary N) is 1. The molecular weight excluding hydrogens is 222 g/mol. The zero-order valence-electron chi connectivity index (χ0n) is 9.81. The minimum atomic E-state index is -0.190. The van der Waals surface area contributed by atoms with Gasteiger partial charge in [-0.1, -0.05) is 0 Å². The second-order valence-electron chi connectivity index (χ2n) is 3.32. The molecule has 94 valence electrons. The van der Waals surface area contributed by atoms with Crippen LogP contribution in [0.15, 0.2) is 18.3 Å². The number of carbonyl (C=O) groups is 1. The van der Waals surface area contributed by atoms with E-state index in [0.717, 1.165) is 5.69 Å². The van der Waals surface area contributed by atoms with Crippen LogP contribution < -0.4 is 15.8 Å². The highest BCUT2D eigenvalue weighted by Gasteiger charge is 2.02. The first-order chi connectivity index (χ1) is 8.26. The molecule has 0 unspecified atom stereocenters. The molecule has 3 N–H and O–H groups in total. The molecule has 1 heterocycles. The number of amides is 1. The van der Waals surface area contributed by atoms with Crippen LogP contribution in [-0.4, -0.2) is 37.8 Å². The van der Waals surface area contributed by atoms with Crippen LogP contribution in [0, 0.1) is 0 Å². The first-order valence-electron chi connectivity index (χ1n) is 5.29. The van der Waals surface area contributed by atoms with Crippen molar-refractivity contribution in [2.24, 2.45) is 5.73 Å². The van der Waals surface area contributed by atoms with Crippen LogP contribution in [-0.2, 0) is 16.1 Å². The van der Waals surface area contributed by atoms with Gasteiger partial charge in [-0.25, -0.2) is 0 Å². The number of ether oxygens (including phenoxy) is 2. The number of pyridine rings is 1. The summed E-state index contributed by atoms with van der Waals surface area (Å²) in [5, 5.41) is 2.65. The summed E-state index contributed by atoms with van der Waals surface area (Å²) in [6, 6.07) is 3.50. The molecule has 0 bridgehead atoms. The van der Waals surface area contributed by atoms with Crippen molar-refractivity contribution in [2.45, 2.75) is 6.54 Å². The molecule has 0 saturated heterocycles. The van der Waals surface area contributed by atoms with Crippen LogP contribution in [0.3, 0.4) is 0 Å². The average Bonchev–Trinajstić information content (AvgIpc) is 2.37. The Morgan fingerprint density at radius 3 is 2.94 bits per heavy atom. The van der Waals surface area contributed by atoms with Crippen LogP contribution in [0.5, 0.6) is 5.75 Å². The van der Waals surface area contributed by atoms with Gasteiger partial charge in [0.25, 0.3) is 5.91 Å². The number of aromatic nitrogens is 1. The molecule has 1 rings (SSSR count). The number of carbonyl (C=O) groups excluding carboxylic acids is 1. The summed E-state index contributed by atoms with van der Waals surface area (Å²) in [6.07, 6.45) is 1.55. The lowest BCUT2D eigenvalue weighted by Crippen LogP contribution is -2.31. The number of rotatable bonds is 7. The number of nitrogens with one attached hydrogen (secondary N) is 1. The highest BCUT2D eigenvalue weighted by Crippen LogP contribution is 2.08. The second kappa shape index (κ2) is 7.59. The zero-order valence-corrected chi connectivity index (χ0v) is 9.81. The van der Waals surface area contributed by atoms with Crippen molar-refractivity contribution in [3.05, 3.63) is 24.0 Å². The van der Waals surface area contributed by atoms with Gasteiger partial charge in [0.1, 0.15) is 5.75 Å². The highest BCUT2D eigenvalue weighted by atomic mass is 16.5. The van der Waals surface area contributed by atoms with Gasteiger partial charge in [-0.15, -0.1) is 0 Å². The number of hydrogen-bond donors (Lipinski definition) is 2. The van der Waals surface area contributed by atoms with Crippen molar-refractivity contribution in [2.75, 3.05) is 26.9 Å². The van der Waals surface area contributed by atoms with Crippen molar-refractivity contribution in [3.8, 4) is 5.75 Å². The normalized spacial score (nSPS) is 10.0. The van der Waals surface area contributed by atoms with Crippen molar-refractivity contribution in [1.82, 2.24) is 10.3 Å². The van der Waals surface area contributed by atoms with Crippen molar-refractivity contribution in [3.63, 3.8) is 0 Å². The van der Waals surface area contributed by atoms with Gasteiger partial charge in [-0.2, -0.15) is 0 Å². The van der Waals surface area contributed by atoms with Gasteiger partial charge < -0.3 is 20.5 Å². The van der Waals surface area contributed by atoms with E-state index in [9.17, 15) is 4.79 Å². The molecule has 0 radical (unpaired) electrons. The summed E-state index contributed by atoms with van der Waals surface area (Å²) in [5.74, 6) is 0.356. The lowest BCUT2D eigenvalue weighted by Gasteiger charge is -2.07.